The number of anilines is 3. The van der Waals surface area contributed by atoms with E-state index in [2.05, 4.69) is 17.1 Å². The number of fused-ring (bicyclic) bond motifs is 1. The minimum atomic E-state index is -0.110. The highest BCUT2D eigenvalue weighted by molar-refractivity contribution is 5.97. The van der Waals surface area contributed by atoms with Crippen LogP contribution in [0.3, 0.4) is 0 Å². The van der Waals surface area contributed by atoms with Gasteiger partial charge >= 0.3 is 0 Å². The van der Waals surface area contributed by atoms with E-state index in [1.807, 2.05) is 12.1 Å². The largest absolute Gasteiger partial charge is 0.482 e. The third-order valence-corrected chi connectivity index (χ3v) is 4.42. The van der Waals surface area contributed by atoms with Crippen LogP contribution in [0.5, 0.6) is 5.75 Å². The summed E-state index contributed by atoms with van der Waals surface area (Å²) < 4.78 is 5.43. The quantitative estimate of drug-likeness (QED) is 0.822. The van der Waals surface area contributed by atoms with Crippen LogP contribution in [0.15, 0.2) is 12.1 Å². The summed E-state index contributed by atoms with van der Waals surface area (Å²) >= 11 is 0. The molecule has 1 aromatic carbocycles. The number of hydrogen-bond acceptors (Lipinski definition) is 4. The zero-order valence-corrected chi connectivity index (χ0v) is 12.5. The van der Waals surface area contributed by atoms with Crippen LogP contribution in [0.2, 0.25) is 0 Å². The van der Waals surface area contributed by atoms with Gasteiger partial charge in [0, 0.05) is 18.7 Å². The van der Waals surface area contributed by atoms with Gasteiger partial charge in [0.2, 0.25) is 0 Å². The van der Waals surface area contributed by atoms with Crippen molar-refractivity contribution < 1.29 is 9.53 Å². The molecule has 21 heavy (non-hydrogen) atoms. The molecule has 2 aliphatic rings. The molecule has 1 aromatic rings. The number of carbonyl (C=O) groups is 1. The number of benzene rings is 1. The number of nitrogen functional groups attached to an aromatic ring is 1. The summed E-state index contributed by atoms with van der Waals surface area (Å²) in [5.74, 6) is 0.555. The molecule has 114 valence electrons. The molecule has 0 aromatic heterocycles. The maximum absolute atomic E-state index is 11.5. The molecule has 0 saturated carbocycles. The molecule has 0 spiro atoms. The fourth-order valence-electron chi connectivity index (χ4n) is 3.30. The molecular formula is C16H23N3O2. The monoisotopic (exact) mass is 289 g/mol. The van der Waals surface area contributed by atoms with Crippen LogP contribution in [0.25, 0.3) is 0 Å². The molecular weight excluding hydrogens is 266 g/mol. The van der Waals surface area contributed by atoms with Gasteiger partial charge in [-0.05, 0) is 25.3 Å². The van der Waals surface area contributed by atoms with Crippen molar-refractivity contribution in [2.45, 2.75) is 45.1 Å². The van der Waals surface area contributed by atoms with E-state index in [9.17, 15) is 4.79 Å². The van der Waals surface area contributed by atoms with E-state index < -0.39 is 0 Å². The van der Waals surface area contributed by atoms with E-state index in [0.29, 0.717) is 11.8 Å². The van der Waals surface area contributed by atoms with Gasteiger partial charge in [0.25, 0.3) is 5.91 Å². The lowest BCUT2D eigenvalue weighted by molar-refractivity contribution is -0.118. The molecule has 1 saturated heterocycles. The first-order chi connectivity index (χ1) is 10.2. The highest BCUT2D eigenvalue weighted by atomic mass is 16.5. The minimum Gasteiger partial charge on any atom is -0.482 e. The lowest BCUT2D eigenvalue weighted by Crippen LogP contribution is -2.35. The number of nitrogens with zero attached hydrogens (tertiary/aromatic N) is 1. The van der Waals surface area contributed by atoms with Gasteiger partial charge in [0.05, 0.1) is 17.1 Å². The molecule has 1 unspecified atom stereocenters. The van der Waals surface area contributed by atoms with Gasteiger partial charge in [0.15, 0.2) is 6.61 Å². The van der Waals surface area contributed by atoms with Crippen LogP contribution >= 0.6 is 0 Å². The van der Waals surface area contributed by atoms with Crippen LogP contribution in [-0.4, -0.2) is 25.1 Å². The molecule has 1 atom stereocenters. The molecule has 2 aliphatic heterocycles. The molecule has 0 bridgehead atoms. The summed E-state index contributed by atoms with van der Waals surface area (Å²) in [5.41, 5.74) is 8.72. The molecule has 5 heteroatoms. The van der Waals surface area contributed by atoms with E-state index in [1.54, 1.807) is 0 Å². The molecule has 1 fully saturated rings. The van der Waals surface area contributed by atoms with Gasteiger partial charge in [-0.2, -0.15) is 0 Å². The third-order valence-electron chi connectivity index (χ3n) is 4.42. The third kappa shape index (κ3) is 2.77. The fraction of sp³-hybridized carbons (Fsp3) is 0.562. The predicted octanol–water partition coefficient (Wildman–Crippen LogP) is 2.76. The summed E-state index contributed by atoms with van der Waals surface area (Å²) in [6.45, 7) is 3.31. The van der Waals surface area contributed by atoms with Gasteiger partial charge in [-0.15, -0.1) is 0 Å². The fourth-order valence-corrected chi connectivity index (χ4v) is 3.30. The van der Waals surface area contributed by atoms with Crippen molar-refractivity contribution in [1.82, 2.24) is 0 Å². The number of carbonyl (C=O) groups excluding carboxylic acids is 1. The summed E-state index contributed by atoms with van der Waals surface area (Å²) in [5, 5.41) is 2.87. The smallest absolute Gasteiger partial charge is 0.262 e. The lowest BCUT2D eigenvalue weighted by Gasteiger charge is -2.33. The molecule has 2 heterocycles. The Balaban J connectivity index is 1.96. The molecule has 3 rings (SSSR count). The van der Waals surface area contributed by atoms with Crippen LogP contribution < -0.4 is 20.7 Å². The number of nitrogens with two attached hydrogens (primary N) is 1. The Labute approximate surface area is 125 Å². The normalized spacial score (nSPS) is 22.0. The van der Waals surface area contributed by atoms with Gasteiger partial charge in [-0.3, -0.25) is 4.79 Å². The lowest BCUT2D eigenvalue weighted by atomic mass is 10.1. The zero-order chi connectivity index (χ0) is 14.8. The number of nitrogens with one attached hydrogen (secondary N) is 1. The Morgan fingerprint density at radius 3 is 3.05 bits per heavy atom. The van der Waals surface area contributed by atoms with E-state index in [-0.39, 0.29) is 12.5 Å². The summed E-state index contributed by atoms with van der Waals surface area (Å²) in [7, 11) is 0. The first-order valence-corrected chi connectivity index (χ1v) is 7.82. The second-order valence-electron chi connectivity index (χ2n) is 5.85. The standard InChI is InChI=1S/C16H23N3O2/c1-2-11-6-4-3-5-7-19(11)14-9-13-15(8-12(14)17)21-10-16(20)18-13/h8-9,11H,2-7,10,17H2,1H3,(H,18,20). The zero-order valence-electron chi connectivity index (χ0n) is 12.5. The van der Waals surface area contributed by atoms with Crippen molar-refractivity contribution in [1.29, 1.82) is 0 Å². The Hall–Kier alpha value is -1.91. The van der Waals surface area contributed by atoms with E-state index in [0.717, 1.165) is 30.0 Å². The van der Waals surface area contributed by atoms with Crippen molar-refractivity contribution >= 4 is 23.0 Å². The average Bonchev–Trinajstić information content (AvgIpc) is 2.72. The Morgan fingerprint density at radius 2 is 2.24 bits per heavy atom. The molecule has 5 nitrogen and oxygen atoms in total. The minimum absolute atomic E-state index is 0.0626. The summed E-state index contributed by atoms with van der Waals surface area (Å²) in [6, 6.07) is 4.32. The van der Waals surface area contributed by atoms with Crippen molar-refractivity contribution in [3.05, 3.63) is 12.1 Å². The van der Waals surface area contributed by atoms with Crippen LogP contribution in [0.1, 0.15) is 39.0 Å². The number of ether oxygens (including phenoxy) is 1. The van der Waals surface area contributed by atoms with Crippen molar-refractivity contribution in [2.24, 2.45) is 0 Å². The number of hydrogen-bond donors (Lipinski definition) is 2. The number of amides is 1. The van der Waals surface area contributed by atoms with E-state index in [1.165, 1.54) is 25.7 Å². The highest BCUT2D eigenvalue weighted by Gasteiger charge is 2.24. The maximum atomic E-state index is 11.5. The van der Waals surface area contributed by atoms with Crippen molar-refractivity contribution in [2.75, 3.05) is 29.1 Å². The SMILES string of the molecule is CCC1CCCCCN1c1cc2c(cc1N)OCC(=O)N2. The van der Waals surface area contributed by atoms with E-state index >= 15 is 0 Å². The highest BCUT2D eigenvalue weighted by Crippen LogP contribution is 2.39. The molecule has 3 N–H and O–H groups in total. The Bertz CT molecular complexity index is 545. The second-order valence-corrected chi connectivity index (χ2v) is 5.85. The van der Waals surface area contributed by atoms with Crippen LogP contribution in [0, 0.1) is 0 Å². The first-order valence-electron chi connectivity index (χ1n) is 7.82. The topological polar surface area (TPSA) is 67.6 Å². The van der Waals surface area contributed by atoms with Crippen molar-refractivity contribution in [3.63, 3.8) is 0 Å². The Kier molecular flexibility index (Phi) is 3.90. The maximum Gasteiger partial charge on any atom is 0.262 e. The van der Waals surface area contributed by atoms with Gasteiger partial charge < -0.3 is 20.7 Å². The summed E-state index contributed by atoms with van der Waals surface area (Å²) in [4.78, 5) is 13.9. The predicted molar refractivity (Wildman–Crippen MR) is 84.9 cm³/mol. The first kappa shape index (κ1) is 14.0. The second kappa shape index (κ2) is 5.84. The average molecular weight is 289 g/mol. The van der Waals surface area contributed by atoms with E-state index in [4.69, 9.17) is 10.5 Å². The molecule has 0 radical (unpaired) electrons. The van der Waals surface area contributed by atoms with Gasteiger partial charge in [-0.25, -0.2) is 0 Å². The summed E-state index contributed by atoms with van der Waals surface area (Å²) in [6.07, 6.45) is 6.06. The number of rotatable bonds is 2. The van der Waals surface area contributed by atoms with Crippen LogP contribution in [-0.2, 0) is 4.79 Å². The molecule has 1 amide bonds. The van der Waals surface area contributed by atoms with Gasteiger partial charge in [0.1, 0.15) is 5.75 Å². The van der Waals surface area contributed by atoms with Gasteiger partial charge in [-0.1, -0.05) is 19.8 Å². The Morgan fingerprint density at radius 1 is 1.38 bits per heavy atom. The van der Waals surface area contributed by atoms with Crippen LogP contribution in [0.4, 0.5) is 17.1 Å². The molecule has 0 aliphatic carbocycles. The van der Waals surface area contributed by atoms with Crippen molar-refractivity contribution in [3.8, 4) is 5.75 Å².